The summed E-state index contributed by atoms with van der Waals surface area (Å²) in [5, 5.41) is 0.654. The van der Waals surface area contributed by atoms with E-state index in [4.69, 9.17) is 16.3 Å². The standard InChI is InChI=1S/C19H21ClN2O3/c1-19(2,3)18(24)22-21-17(23)14-6-4-13(5-7-14)12-25-16-10-8-15(20)9-11-16/h4-11H,12H2,1-3H3,(H,21,23)(H,22,24). The number of rotatable bonds is 4. The van der Waals surface area contributed by atoms with Crippen molar-refractivity contribution in [1.82, 2.24) is 10.9 Å². The summed E-state index contributed by atoms with van der Waals surface area (Å²) >= 11 is 5.83. The quantitative estimate of drug-likeness (QED) is 0.816. The molecule has 0 atom stereocenters. The monoisotopic (exact) mass is 360 g/mol. The van der Waals surface area contributed by atoms with Crippen molar-refractivity contribution in [2.45, 2.75) is 27.4 Å². The zero-order valence-corrected chi connectivity index (χ0v) is 15.2. The fourth-order valence-corrected chi connectivity index (χ4v) is 1.95. The Kier molecular flexibility index (Phi) is 6.04. The van der Waals surface area contributed by atoms with Gasteiger partial charge < -0.3 is 4.74 Å². The maximum atomic E-state index is 12.0. The van der Waals surface area contributed by atoms with Crippen molar-refractivity contribution in [3.63, 3.8) is 0 Å². The van der Waals surface area contributed by atoms with Gasteiger partial charge in [0, 0.05) is 16.0 Å². The second-order valence-corrected chi connectivity index (χ2v) is 7.03. The fourth-order valence-electron chi connectivity index (χ4n) is 1.82. The molecule has 132 valence electrons. The molecule has 0 saturated heterocycles. The highest BCUT2D eigenvalue weighted by molar-refractivity contribution is 6.30. The Bertz CT molecular complexity index is 735. The Balaban J connectivity index is 1.87. The van der Waals surface area contributed by atoms with Crippen LogP contribution < -0.4 is 15.6 Å². The van der Waals surface area contributed by atoms with Crippen LogP contribution in [0.2, 0.25) is 5.02 Å². The molecule has 0 bridgehead atoms. The van der Waals surface area contributed by atoms with Crippen LogP contribution in [0.15, 0.2) is 48.5 Å². The van der Waals surface area contributed by atoms with Gasteiger partial charge in [-0.05, 0) is 42.0 Å². The largest absolute Gasteiger partial charge is 0.489 e. The predicted molar refractivity (Wildman–Crippen MR) is 97.3 cm³/mol. The summed E-state index contributed by atoms with van der Waals surface area (Å²) in [7, 11) is 0. The summed E-state index contributed by atoms with van der Waals surface area (Å²) < 4.78 is 5.65. The minimum Gasteiger partial charge on any atom is -0.489 e. The highest BCUT2D eigenvalue weighted by atomic mass is 35.5. The lowest BCUT2D eigenvalue weighted by Gasteiger charge is -2.17. The summed E-state index contributed by atoms with van der Waals surface area (Å²) in [5.74, 6) is 0.0905. The molecule has 0 saturated carbocycles. The Labute approximate surface area is 152 Å². The molecule has 0 heterocycles. The minimum atomic E-state index is -0.573. The fraction of sp³-hybridized carbons (Fsp3) is 0.263. The zero-order chi connectivity index (χ0) is 18.4. The Morgan fingerprint density at radius 1 is 0.960 bits per heavy atom. The molecule has 2 amide bonds. The van der Waals surface area contributed by atoms with E-state index < -0.39 is 5.41 Å². The lowest BCUT2D eigenvalue weighted by atomic mass is 9.96. The van der Waals surface area contributed by atoms with E-state index in [-0.39, 0.29) is 11.8 Å². The molecule has 0 spiro atoms. The van der Waals surface area contributed by atoms with Gasteiger partial charge in [-0.3, -0.25) is 20.4 Å². The van der Waals surface area contributed by atoms with Gasteiger partial charge in [-0.1, -0.05) is 44.5 Å². The lowest BCUT2D eigenvalue weighted by Crippen LogP contribution is -2.46. The van der Waals surface area contributed by atoms with Crippen molar-refractivity contribution in [2.24, 2.45) is 5.41 Å². The molecule has 5 nitrogen and oxygen atoms in total. The molecule has 0 fully saturated rings. The molecule has 25 heavy (non-hydrogen) atoms. The first-order valence-corrected chi connectivity index (χ1v) is 8.21. The third-order valence-corrected chi connectivity index (χ3v) is 3.66. The highest BCUT2D eigenvalue weighted by Gasteiger charge is 2.21. The number of ether oxygens (including phenoxy) is 1. The average Bonchev–Trinajstić information content (AvgIpc) is 2.58. The van der Waals surface area contributed by atoms with Gasteiger partial charge in [0.15, 0.2) is 0 Å². The molecule has 0 radical (unpaired) electrons. The third-order valence-electron chi connectivity index (χ3n) is 3.41. The summed E-state index contributed by atoms with van der Waals surface area (Å²) in [6.45, 7) is 5.68. The zero-order valence-electron chi connectivity index (χ0n) is 14.4. The maximum absolute atomic E-state index is 12.0. The van der Waals surface area contributed by atoms with E-state index in [9.17, 15) is 9.59 Å². The van der Waals surface area contributed by atoms with Gasteiger partial charge in [0.1, 0.15) is 12.4 Å². The topological polar surface area (TPSA) is 67.4 Å². The molecule has 0 aliphatic heterocycles. The molecule has 0 aromatic heterocycles. The SMILES string of the molecule is CC(C)(C)C(=O)NNC(=O)c1ccc(COc2ccc(Cl)cc2)cc1. The number of hydrazine groups is 1. The van der Waals surface area contributed by atoms with Crippen LogP contribution in [0.25, 0.3) is 0 Å². The number of amides is 2. The second kappa shape index (κ2) is 8.03. The molecule has 0 aliphatic carbocycles. The van der Waals surface area contributed by atoms with Gasteiger partial charge in [-0.15, -0.1) is 0 Å². The Morgan fingerprint density at radius 2 is 1.56 bits per heavy atom. The van der Waals surface area contributed by atoms with Crippen LogP contribution in [0, 0.1) is 5.41 Å². The van der Waals surface area contributed by atoms with Crippen molar-refractivity contribution in [3.8, 4) is 5.75 Å². The van der Waals surface area contributed by atoms with Crippen LogP contribution in [-0.2, 0) is 11.4 Å². The molecule has 0 aliphatic rings. The van der Waals surface area contributed by atoms with Crippen molar-refractivity contribution in [3.05, 3.63) is 64.7 Å². The molecular formula is C19H21ClN2O3. The molecule has 0 unspecified atom stereocenters. The van der Waals surface area contributed by atoms with Crippen molar-refractivity contribution >= 4 is 23.4 Å². The van der Waals surface area contributed by atoms with Crippen molar-refractivity contribution < 1.29 is 14.3 Å². The van der Waals surface area contributed by atoms with Crippen molar-refractivity contribution in [1.29, 1.82) is 0 Å². The predicted octanol–water partition coefficient (Wildman–Crippen LogP) is 3.73. The number of halogens is 1. The Morgan fingerprint density at radius 3 is 2.12 bits per heavy atom. The van der Waals surface area contributed by atoms with Crippen LogP contribution in [-0.4, -0.2) is 11.8 Å². The Hall–Kier alpha value is -2.53. The molecule has 2 aromatic rings. The minimum absolute atomic E-state index is 0.256. The van der Waals surface area contributed by atoms with E-state index in [0.717, 1.165) is 11.3 Å². The number of benzene rings is 2. The first-order chi connectivity index (χ1) is 11.8. The number of nitrogens with one attached hydrogen (secondary N) is 2. The molecular weight excluding hydrogens is 340 g/mol. The summed E-state index contributed by atoms with van der Waals surface area (Å²) in [6.07, 6.45) is 0. The third kappa shape index (κ3) is 5.80. The number of hydrogen-bond acceptors (Lipinski definition) is 3. The first-order valence-electron chi connectivity index (χ1n) is 7.84. The number of carbonyl (C=O) groups is 2. The molecule has 6 heteroatoms. The lowest BCUT2D eigenvalue weighted by molar-refractivity contribution is -0.129. The van der Waals surface area contributed by atoms with Crippen LogP contribution in [0.3, 0.4) is 0 Å². The van der Waals surface area contributed by atoms with Crippen LogP contribution in [0.1, 0.15) is 36.7 Å². The van der Waals surface area contributed by atoms with Gasteiger partial charge >= 0.3 is 0 Å². The number of carbonyl (C=O) groups excluding carboxylic acids is 2. The normalized spacial score (nSPS) is 10.9. The average molecular weight is 361 g/mol. The van der Waals surface area contributed by atoms with Gasteiger partial charge in [-0.25, -0.2) is 0 Å². The number of hydrogen-bond donors (Lipinski definition) is 2. The van der Waals surface area contributed by atoms with Gasteiger partial charge in [0.05, 0.1) is 0 Å². The van der Waals surface area contributed by atoms with Gasteiger partial charge in [0.2, 0.25) is 5.91 Å². The summed E-state index contributed by atoms with van der Waals surface area (Å²) in [6, 6.07) is 14.1. The summed E-state index contributed by atoms with van der Waals surface area (Å²) in [5.41, 5.74) is 5.62. The highest BCUT2D eigenvalue weighted by Crippen LogP contribution is 2.17. The van der Waals surface area contributed by atoms with Gasteiger partial charge in [-0.2, -0.15) is 0 Å². The van der Waals surface area contributed by atoms with E-state index in [2.05, 4.69) is 10.9 Å². The smallest absolute Gasteiger partial charge is 0.269 e. The first kappa shape index (κ1) is 18.8. The van der Waals surface area contributed by atoms with E-state index in [0.29, 0.717) is 17.2 Å². The summed E-state index contributed by atoms with van der Waals surface area (Å²) in [4.78, 5) is 23.8. The van der Waals surface area contributed by atoms with E-state index in [1.165, 1.54) is 0 Å². The van der Waals surface area contributed by atoms with Crippen molar-refractivity contribution in [2.75, 3.05) is 0 Å². The molecule has 2 N–H and O–H groups in total. The van der Waals surface area contributed by atoms with Gasteiger partial charge in [0.25, 0.3) is 5.91 Å². The maximum Gasteiger partial charge on any atom is 0.269 e. The van der Waals surface area contributed by atoms with E-state index >= 15 is 0 Å². The van der Waals surface area contributed by atoms with Crippen LogP contribution >= 0.6 is 11.6 Å². The second-order valence-electron chi connectivity index (χ2n) is 6.60. The van der Waals surface area contributed by atoms with E-state index in [1.54, 1.807) is 69.3 Å². The molecule has 2 rings (SSSR count). The van der Waals surface area contributed by atoms with E-state index in [1.807, 2.05) is 0 Å². The van der Waals surface area contributed by atoms with Crippen LogP contribution in [0.5, 0.6) is 5.75 Å². The molecule has 2 aromatic carbocycles. The van der Waals surface area contributed by atoms with Crippen LogP contribution in [0.4, 0.5) is 0 Å².